The monoisotopic (exact) mass is 439 g/mol. The fourth-order valence-electron chi connectivity index (χ4n) is 2.96. The molecule has 0 atom stereocenters. The Hall–Kier alpha value is -3.72. The molecular formula is C22H21N3O5S. The lowest BCUT2D eigenvalue weighted by molar-refractivity contribution is -0.384. The molecule has 0 heterocycles. The summed E-state index contributed by atoms with van der Waals surface area (Å²) in [6, 6.07) is 15.3. The predicted molar refractivity (Wildman–Crippen MR) is 119 cm³/mol. The molecule has 0 saturated carbocycles. The Morgan fingerprint density at radius 1 is 0.935 bits per heavy atom. The van der Waals surface area contributed by atoms with Crippen molar-refractivity contribution in [2.24, 2.45) is 0 Å². The summed E-state index contributed by atoms with van der Waals surface area (Å²) in [4.78, 5) is 23.4. The molecule has 3 aromatic carbocycles. The van der Waals surface area contributed by atoms with Crippen LogP contribution in [-0.2, 0) is 10.0 Å². The number of nitrogens with zero attached hydrogens (tertiary/aromatic N) is 1. The summed E-state index contributed by atoms with van der Waals surface area (Å²) in [6.45, 7) is 5.21. The molecule has 0 aliphatic rings. The van der Waals surface area contributed by atoms with Gasteiger partial charge in [-0.25, -0.2) is 8.42 Å². The molecule has 1 amide bonds. The standard InChI is InChI=1S/C22H21N3O5S/c1-14-7-11-18(12-8-14)31(29,30)24-20-6-4-5-19(16(20)3)22(26)23-21-13-17(25(27)28)10-9-15(21)2/h4-13,24H,1-3H3,(H,23,26). The van der Waals surface area contributed by atoms with Crippen LogP contribution in [0.25, 0.3) is 0 Å². The van der Waals surface area contributed by atoms with E-state index in [4.69, 9.17) is 0 Å². The zero-order valence-corrected chi connectivity index (χ0v) is 18.0. The topological polar surface area (TPSA) is 118 Å². The van der Waals surface area contributed by atoms with Crippen LogP contribution in [0.15, 0.2) is 65.6 Å². The number of nitro groups is 1. The molecule has 0 unspecified atom stereocenters. The molecular weight excluding hydrogens is 418 g/mol. The third-order valence-electron chi connectivity index (χ3n) is 4.83. The Labute approximate surface area is 180 Å². The van der Waals surface area contributed by atoms with E-state index in [0.717, 1.165) is 5.56 Å². The summed E-state index contributed by atoms with van der Waals surface area (Å²) in [5, 5.41) is 13.7. The maximum Gasteiger partial charge on any atom is 0.271 e. The molecule has 0 fully saturated rings. The van der Waals surface area contributed by atoms with Crippen molar-refractivity contribution >= 4 is 33.0 Å². The first kappa shape index (κ1) is 22.0. The van der Waals surface area contributed by atoms with Gasteiger partial charge >= 0.3 is 0 Å². The van der Waals surface area contributed by atoms with Gasteiger partial charge < -0.3 is 5.32 Å². The second kappa shape index (κ2) is 8.57. The summed E-state index contributed by atoms with van der Waals surface area (Å²) in [5.41, 5.74) is 2.71. The van der Waals surface area contributed by atoms with Crippen molar-refractivity contribution in [3.8, 4) is 0 Å². The number of rotatable bonds is 6. The fourth-order valence-corrected chi connectivity index (χ4v) is 4.08. The average molecular weight is 439 g/mol. The zero-order chi connectivity index (χ0) is 22.8. The number of nitro benzene ring substituents is 1. The third kappa shape index (κ3) is 4.89. The van der Waals surface area contributed by atoms with Crippen LogP contribution in [0.5, 0.6) is 0 Å². The number of carbonyl (C=O) groups is 1. The van der Waals surface area contributed by atoms with Crippen LogP contribution in [0.2, 0.25) is 0 Å². The maximum atomic E-state index is 12.8. The van der Waals surface area contributed by atoms with Crippen LogP contribution in [0.3, 0.4) is 0 Å². The van der Waals surface area contributed by atoms with E-state index in [-0.39, 0.29) is 21.8 Å². The molecule has 0 aliphatic heterocycles. The van der Waals surface area contributed by atoms with Gasteiger partial charge in [-0.15, -0.1) is 0 Å². The van der Waals surface area contributed by atoms with Gasteiger partial charge in [0.15, 0.2) is 0 Å². The van der Waals surface area contributed by atoms with Crippen LogP contribution in [-0.4, -0.2) is 19.2 Å². The van der Waals surface area contributed by atoms with Crippen molar-refractivity contribution in [1.29, 1.82) is 0 Å². The Balaban J connectivity index is 1.88. The molecule has 9 heteroatoms. The van der Waals surface area contributed by atoms with Crippen molar-refractivity contribution < 1.29 is 18.1 Å². The quantitative estimate of drug-likeness (QED) is 0.431. The van der Waals surface area contributed by atoms with E-state index >= 15 is 0 Å². The lowest BCUT2D eigenvalue weighted by atomic mass is 10.1. The van der Waals surface area contributed by atoms with Gasteiger partial charge in [-0.2, -0.15) is 0 Å². The Bertz CT molecular complexity index is 1270. The van der Waals surface area contributed by atoms with Crippen molar-refractivity contribution in [3.63, 3.8) is 0 Å². The van der Waals surface area contributed by atoms with E-state index in [9.17, 15) is 23.3 Å². The van der Waals surface area contributed by atoms with Gasteiger partial charge in [0.1, 0.15) is 0 Å². The minimum Gasteiger partial charge on any atom is -0.321 e. The van der Waals surface area contributed by atoms with Gasteiger partial charge in [0, 0.05) is 17.7 Å². The summed E-state index contributed by atoms with van der Waals surface area (Å²) in [7, 11) is -3.83. The molecule has 0 bridgehead atoms. The molecule has 31 heavy (non-hydrogen) atoms. The van der Waals surface area contributed by atoms with E-state index in [1.165, 1.54) is 24.3 Å². The number of amides is 1. The summed E-state index contributed by atoms with van der Waals surface area (Å²) >= 11 is 0. The molecule has 0 spiro atoms. The highest BCUT2D eigenvalue weighted by Gasteiger charge is 2.19. The first-order valence-corrected chi connectivity index (χ1v) is 10.8. The average Bonchev–Trinajstić information content (AvgIpc) is 2.71. The molecule has 0 saturated heterocycles. The summed E-state index contributed by atoms with van der Waals surface area (Å²) in [5.74, 6) is -0.502. The van der Waals surface area contributed by atoms with Crippen LogP contribution < -0.4 is 10.0 Å². The molecule has 2 N–H and O–H groups in total. The number of aryl methyl sites for hydroxylation is 2. The van der Waals surface area contributed by atoms with Crippen molar-refractivity contribution in [3.05, 3.63) is 93.0 Å². The van der Waals surface area contributed by atoms with Crippen LogP contribution >= 0.6 is 0 Å². The number of anilines is 2. The molecule has 0 aromatic heterocycles. The SMILES string of the molecule is Cc1ccc(S(=O)(=O)Nc2cccc(C(=O)Nc3cc([N+](=O)[O-])ccc3C)c2C)cc1. The first-order valence-electron chi connectivity index (χ1n) is 9.34. The fraction of sp³-hybridized carbons (Fsp3) is 0.136. The van der Waals surface area contributed by atoms with Gasteiger partial charge in [-0.1, -0.05) is 29.8 Å². The van der Waals surface area contributed by atoms with Crippen LogP contribution in [0, 0.1) is 30.9 Å². The minimum absolute atomic E-state index is 0.111. The van der Waals surface area contributed by atoms with Crippen LogP contribution in [0.1, 0.15) is 27.0 Å². The number of hydrogen-bond donors (Lipinski definition) is 2. The van der Waals surface area contributed by atoms with E-state index in [0.29, 0.717) is 16.8 Å². The molecule has 3 aromatic rings. The van der Waals surface area contributed by atoms with Crippen molar-refractivity contribution in [2.45, 2.75) is 25.7 Å². The lowest BCUT2D eigenvalue weighted by Crippen LogP contribution is -2.17. The summed E-state index contributed by atoms with van der Waals surface area (Å²) < 4.78 is 27.9. The van der Waals surface area contributed by atoms with Gasteiger partial charge in [-0.05, 0) is 56.2 Å². The van der Waals surface area contributed by atoms with E-state index < -0.39 is 20.9 Å². The number of benzene rings is 3. The Morgan fingerprint density at radius 2 is 1.61 bits per heavy atom. The first-order chi connectivity index (χ1) is 14.6. The molecule has 0 radical (unpaired) electrons. The predicted octanol–water partition coefficient (Wildman–Crippen LogP) is 4.57. The minimum atomic E-state index is -3.83. The van der Waals surface area contributed by atoms with Crippen molar-refractivity contribution in [1.82, 2.24) is 0 Å². The number of sulfonamides is 1. The largest absolute Gasteiger partial charge is 0.321 e. The molecule has 0 aliphatic carbocycles. The highest BCUT2D eigenvalue weighted by atomic mass is 32.2. The molecule has 8 nitrogen and oxygen atoms in total. The maximum absolute atomic E-state index is 12.8. The second-order valence-corrected chi connectivity index (χ2v) is 8.79. The normalized spacial score (nSPS) is 11.1. The van der Waals surface area contributed by atoms with Gasteiger partial charge in [-0.3, -0.25) is 19.6 Å². The molecule has 160 valence electrons. The smallest absolute Gasteiger partial charge is 0.271 e. The van der Waals surface area contributed by atoms with Gasteiger partial charge in [0.05, 0.1) is 21.2 Å². The van der Waals surface area contributed by atoms with E-state index in [1.54, 1.807) is 50.2 Å². The van der Waals surface area contributed by atoms with E-state index in [1.807, 2.05) is 6.92 Å². The number of carbonyl (C=O) groups excluding carboxylic acids is 1. The second-order valence-electron chi connectivity index (χ2n) is 7.11. The lowest BCUT2D eigenvalue weighted by Gasteiger charge is -2.14. The highest BCUT2D eigenvalue weighted by Crippen LogP contribution is 2.26. The molecule has 3 rings (SSSR count). The van der Waals surface area contributed by atoms with E-state index in [2.05, 4.69) is 10.0 Å². The number of nitrogens with one attached hydrogen (secondary N) is 2. The third-order valence-corrected chi connectivity index (χ3v) is 6.22. The van der Waals surface area contributed by atoms with Crippen molar-refractivity contribution in [2.75, 3.05) is 10.0 Å². The Kier molecular flexibility index (Phi) is 6.07. The number of non-ortho nitro benzene ring substituents is 1. The van der Waals surface area contributed by atoms with Crippen LogP contribution in [0.4, 0.5) is 17.1 Å². The summed E-state index contributed by atoms with van der Waals surface area (Å²) in [6.07, 6.45) is 0. The van der Waals surface area contributed by atoms with Gasteiger partial charge in [0.2, 0.25) is 0 Å². The number of hydrogen-bond acceptors (Lipinski definition) is 5. The zero-order valence-electron chi connectivity index (χ0n) is 17.2. The van der Waals surface area contributed by atoms with Gasteiger partial charge in [0.25, 0.3) is 21.6 Å². The highest BCUT2D eigenvalue weighted by molar-refractivity contribution is 7.92. The Morgan fingerprint density at radius 3 is 2.26 bits per heavy atom.